The number of benzene rings is 1. The Morgan fingerprint density at radius 1 is 1.14 bits per heavy atom. The molecule has 0 fully saturated rings. The fourth-order valence-corrected chi connectivity index (χ4v) is 1.05. The Morgan fingerprint density at radius 2 is 1.50 bits per heavy atom. The van der Waals surface area contributed by atoms with Gasteiger partial charge in [-0.05, 0) is 24.1 Å². The second kappa shape index (κ2) is 18.7. The molecule has 10 heteroatoms. The van der Waals surface area contributed by atoms with E-state index in [2.05, 4.69) is 6.58 Å². The van der Waals surface area contributed by atoms with Gasteiger partial charge in [-0.3, -0.25) is 0 Å². The van der Waals surface area contributed by atoms with Gasteiger partial charge in [0.05, 0.1) is 5.97 Å². The van der Waals surface area contributed by atoms with Gasteiger partial charge in [-0.25, -0.2) is 8.42 Å². The number of halogens is 1. The van der Waals surface area contributed by atoms with Crippen molar-refractivity contribution < 1.29 is 124 Å². The Labute approximate surface area is 203 Å². The molecule has 0 aromatic heterocycles. The van der Waals surface area contributed by atoms with Gasteiger partial charge in [-0.2, -0.15) is 0 Å². The number of carbonyl (C=O) groups is 1. The van der Waals surface area contributed by atoms with Crippen molar-refractivity contribution in [1.82, 2.24) is 0 Å². The molecule has 1 aromatic carbocycles. The van der Waals surface area contributed by atoms with E-state index in [1.165, 1.54) is 13.0 Å². The summed E-state index contributed by atoms with van der Waals surface area (Å²) in [6, 6.07) is 8.75. The normalized spacial score (nSPS) is 8.64. The van der Waals surface area contributed by atoms with Gasteiger partial charge in [-0.15, -0.1) is 0 Å². The predicted molar refractivity (Wildman–Crippen MR) is 65.0 cm³/mol. The molecule has 22 heavy (non-hydrogen) atoms. The van der Waals surface area contributed by atoms with E-state index < -0.39 is 16.1 Å². The largest absolute Gasteiger partial charge is 1.00 e. The van der Waals surface area contributed by atoms with Crippen molar-refractivity contribution in [2.75, 3.05) is 0 Å². The van der Waals surface area contributed by atoms with Gasteiger partial charge in [0, 0.05) is 5.41 Å². The fourth-order valence-electron chi connectivity index (χ4n) is 0.726. The number of aliphatic carboxylic acids is 1. The van der Waals surface area contributed by atoms with Crippen LogP contribution < -0.4 is 106 Å². The predicted octanol–water partition coefficient (Wildman–Crippen LogP) is -11.5. The Morgan fingerprint density at radius 3 is 1.77 bits per heavy atom. The number of hydrogen-bond acceptors (Lipinski definition) is 5. The number of carboxylic acid groups (broad SMARTS) is 1. The van der Waals surface area contributed by atoms with Crippen molar-refractivity contribution in [1.29, 1.82) is 0 Å². The quantitative estimate of drug-likeness (QED) is 0.298. The summed E-state index contributed by atoms with van der Waals surface area (Å²) in [5, 5.41) is 10.1. The maximum absolute atomic E-state index is 10.2. The molecule has 0 saturated carbocycles. The average molecular weight is 373 g/mol. The molecule has 0 aliphatic heterocycles. The van der Waals surface area contributed by atoms with E-state index in [9.17, 15) is 22.9 Å². The zero-order valence-corrected chi connectivity index (χ0v) is 20.6. The monoisotopic (exact) mass is 372 g/mol. The first-order valence-electron chi connectivity index (χ1n) is 4.78. The third-order valence-corrected chi connectivity index (χ3v) is 2.04. The summed E-state index contributed by atoms with van der Waals surface area (Å²) < 4.78 is 30.5. The van der Waals surface area contributed by atoms with Crippen molar-refractivity contribution in [3.05, 3.63) is 53.5 Å². The summed E-state index contributed by atoms with van der Waals surface area (Å²) in [6.45, 7) is 4.48. The molecule has 1 aromatic rings. The Balaban J connectivity index is -0.0000000857. The number of carboxylic acids is 1. The molecule has 0 spiro atoms. The van der Waals surface area contributed by atoms with Crippen molar-refractivity contribution in [3.63, 3.8) is 0 Å². The van der Waals surface area contributed by atoms with Crippen molar-refractivity contribution in [2.24, 2.45) is 0 Å². The van der Waals surface area contributed by atoms with Crippen molar-refractivity contribution in [2.45, 2.75) is 6.92 Å². The molecule has 106 valence electrons. The van der Waals surface area contributed by atoms with Crippen LogP contribution in [0.15, 0.2) is 47.9 Å². The van der Waals surface area contributed by atoms with Gasteiger partial charge in [0.2, 0.25) is 0 Å². The minimum atomic E-state index is -4.25. The van der Waals surface area contributed by atoms with E-state index in [1.54, 1.807) is 24.3 Å². The first-order chi connectivity index (χ1) is 8.22. The number of hydrogen-bond donors (Lipinski definition) is 0. The molecule has 0 amide bonds. The molecule has 0 bridgehead atoms. The Bertz CT molecular complexity index is 535. The summed E-state index contributed by atoms with van der Waals surface area (Å²) in [4.78, 5) is 9.49. The van der Waals surface area contributed by atoms with Gasteiger partial charge < -0.3 is 26.9 Å². The second-order valence-corrected chi connectivity index (χ2v) is 4.53. The Kier molecular flexibility index (Phi) is 29.5. The minimum Gasteiger partial charge on any atom is -1.00 e. The maximum Gasteiger partial charge on any atom is 1.00 e. The van der Waals surface area contributed by atoms with Crippen LogP contribution in [-0.2, 0) is 14.9 Å². The van der Waals surface area contributed by atoms with Gasteiger partial charge >= 0.3 is 88.7 Å². The van der Waals surface area contributed by atoms with Gasteiger partial charge in [-0.1, -0.05) is 36.9 Å². The molecular formula is C12H12ClNa3O5S. The van der Waals surface area contributed by atoms with Crippen LogP contribution in [0.5, 0.6) is 0 Å². The van der Waals surface area contributed by atoms with Crippen LogP contribution in [-0.4, -0.2) is 18.9 Å². The van der Waals surface area contributed by atoms with Crippen LogP contribution in [0.4, 0.5) is 0 Å². The van der Waals surface area contributed by atoms with Gasteiger partial charge in [0.25, 0.3) is 0 Å². The summed E-state index contributed by atoms with van der Waals surface area (Å²) in [7, 11) is -4.25. The third-order valence-electron chi connectivity index (χ3n) is 1.58. The maximum atomic E-state index is 10.2. The molecule has 0 saturated heterocycles. The SMILES string of the molecule is C=C(C)C(=O)[O-].O=S(=O)([O-])C=Cc1ccccc1.[Cl-].[Na+].[Na+].[Na+]. The van der Waals surface area contributed by atoms with E-state index in [1.807, 2.05) is 6.07 Å². The first kappa shape index (κ1) is 34.7. The molecular weight excluding hydrogens is 361 g/mol. The van der Waals surface area contributed by atoms with Crippen LogP contribution in [0.1, 0.15) is 12.5 Å². The number of carbonyl (C=O) groups excluding carboxylic acids is 1. The standard InChI is InChI=1S/C8H8O3S.C4H6O2.ClH.3Na/c9-12(10,11)7-6-8-4-2-1-3-5-8;1-3(2)4(5)6;;;;/h1-7H,(H,9,10,11);1H2,2H3,(H,5,6);1H;;;/q;;;3*+1/p-3. The van der Waals surface area contributed by atoms with Crippen LogP contribution in [0, 0.1) is 0 Å². The molecule has 0 aliphatic carbocycles. The fraction of sp³-hybridized carbons (Fsp3) is 0.0833. The molecule has 0 N–H and O–H groups in total. The van der Waals surface area contributed by atoms with Gasteiger partial charge in [0.15, 0.2) is 0 Å². The summed E-state index contributed by atoms with van der Waals surface area (Å²) in [5.41, 5.74) is 0.756. The Hall–Kier alpha value is 1.37. The molecule has 5 nitrogen and oxygen atoms in total. The molecule has 0 aliphatic rings. The first-order valence-corrected chi connectivity index (χ1v) is 6.25. The van der Waals surface area contributed by atoms with Gasteiger partial charge in [0.1, 0.15) is 10.1 Å². The van der Waals surface area contributed by atoms with E-state index in [0.717, 1.165) is 0 Å². The average Bonchev–Trinajstić information content (AvgIpc) is 2.27. The number of rotatable bonds is 3. The van der Waals surface area contributed by atoms with Crippen molar-refractivity contribution >= 4 is 22.2 Å². The topological polar surface area (TPSA) is 97.3 Å². The van der Waals surface area contributed by atoms with E-state index in [0.29, 0.717) is 11.0 Å². The van der Waals surface area contributed by atoms with E-state index in [-0.39, 0.29) is 107 Å². The van der Waals surface area contributed by atoms with Crippen molar-refractivity contribution in [3.8, 4) is 0 Å². The van der Waals surface area contributed by atoms with E-state index in [4.69, 9.17) is 0 Å². The van der Waals surface area contributed by atoms with Crippen LogP contribution >= 0.6 is 0 Å². The smallest absolute Gasteiger partial charge is 1.00 e. The zero-order chi connectivity index (χ0) is 14.2. The van der Waals surface area contributed by atoms with E-state index >= 15 is 0 Å². The van der Waals surface area contributed by atoms with Crippen LogP contribution in [0.2, 0.25) is 0 Å². The molecule has 0 atom stereocenters. The van der Waals surface area contributed by atoms with Crippen LogP contribution in [0.25, 0.3) is 6.08 Å². The van der Waals surface area contributed by atoms with Crippen LogP contribution in [0.3, 0.4) is 0 Å². The zero-order valence-electron chi connectivity index (χ0n) is 13.1. The third kappa shape index (κ3) is 23.6. The molecule has 1 rings (SSSR count). The minimum absolute atomic E-state index is 0. The summed E-state index contributed by atoms with van der Waals surface area (Å²) in [5.74, 6) is -1.19. The summed E-state index contributed by atoms with van der Waals surface area (Å²) in [6.07, 6.45) is 1.27. The summed E-state index contributed by atoms with van der Waals surface area (Å²) >= 11 is 0. The molecule has 0 unspecified atom stereocenters. The second-order valence-electron chi connectivity index (χ2n) is 3.27. The molecule has 0 heterocycles. The molecule has 0 radical (unpaired) electrons.